The number of rotatable bonds is 7. The molecule has 1 amide bonds. The fourth-order valence-electron chi connectivity index (χ4n) is 3.46. The van der Waals surface area contributed by atoms with Gasteiger partial charge in [-0.15, -0.1) is 0 Å². The third-order valence-electron chi connectivity index (χ3n) is 5.23. The molecule has 0 heterocycles. The molecule has 0 saturated carbocycles. The zero-order chi connectivity index (χ0) is 24.1. The Morgan fingerprint density at radius 1 is 0.941 bits per heavy atom. The van der Waals surface area contributed by atoms with Gasteiger partial charge in [-0.05, 0) is 54.1 Å². The number of anilines is 1. The zero-order valence-corrected chi connectivity index (χ0v) is 19.2. The van der Waals surface area contributed by atoms with E-state index in [2.05, 4.69) is 10.5 Å². The summed E-state index contributed by atoms with van der Waals surface area (Å²) in [6.45, 7) is 1.31. The maximum atomic E-state index is 13.4. The second-order valence-corrected chi connectivity index (χ2v) is 9.53. The molecule has 0 aliphatic rings. The van der Waals surface area contributed by atoms with E-state index in [1.807, 2.05) is 49.4 Å². The smallest absolute Gasteiger partial charge is 0.264 e. The highest BCUT2D eigenvalue weighted by molar-refractivity contribution is 7.92. The Hall–Kier alpha value is -4.04. The number of sulfonamides is 1. The third-order valence-corrected chi connectivity index (χ3v) is 7.02. The fraction of sp³-hybridized carbons (Fsp3) is 0.0769. The van der Waals surface area contributed by atoms with Crippen LogP contribution in [0.15, 0.2) is 101 Å². The molecule has 0 radical (unpaired) electrons. The van der Waals surface area contributed by atoms with Crippen LogP contribution in [0, 0.1) is 12.7 Å². The van der Waals surface area contributed by atoms with Gasteiger partial charge in [0.2, 0.25) is 0 Å². The van der Waals surface area contributed by atoms with Gasteiger partial charge in [0.1, 0.15) is 12.4 Å². The quantitative estimate of drug-likeness (QED) is 0.313. The summed E-state index contributed by atoms with van der Waals surface area (Å²) in [5, 5.41) is 6.02. The van der Waals surface area contributed by atoms with E-state index in [0.717, 1.165) is 38.3 Å². The predicted octanol–water partition coefficient (Wildman–Crippen LogP) is 4.63. The average molecular weight is 476 g/mol. The Labute approximate surface area is 197 Å². The van der Waals surface area contributed by atoms with Crippen molar-refractivity contribution in [3.8, 4) is 0 Å². The number of aryl methyl sites for hydroxylation is 1. The van der Waals surface area contributed by atoms with Crippen LogP contribution in [0.2, 0.25) is 0 Å². The van der Waals surface area contributed by atoms with Gasteiger partial charge in [0, 0.05) is 5.56 Å². The number of hydrogen-bond donors (Lipinski definition) is 1. The van der Waals surface area contributed by atoms with Gasteiger partial charge in [0.05, 0.1) is 16.8 Å². The van der Waals surface area contributed by atoms with Crippen molar-refractivity contribution in [1.82, 2.24) is 5.43 Å². The fourth-order valence-corrected chi connectivity index (χ4v) is 4.88. The molecular formula is C26H22FN3O3S. The third kappa shape index (κ3) is 5.13. The van der Waals surface area contributed by atoms with E-state index in [0.29, 0.717) is 0 Å². The number of nitrogens with zero attached hydrogens (tertiary/aromatic N) is 2. The van der Waals surface area contributed by atoms with E-state index in [1.165, 1.54) is 30.5 Å². The summed E-state index contributed by atoms with van der Waals surface area (Å²) in [4.78, 5) is 12.7. The summed E-state index contributed by atoms with van der Waals surface area (Å²) in [6, 6.07) is 24.7. The van der Waals surface area contributed by atoms with E-state index in [4.69, 9.17) is 0 Å². The van der Waals surface area contributed by atoms with Crippen LogP contribution in [-0.2, 0) is 14.8 Å². The molecule has 1 N–H and O–H groups in total. The summed E-state index contributed by atoms with van der Waals surface area (Å²) in [5.41, 5.74) is 4.26. The van der Waals surface area contributed by atoms with Crippen molar-refractivity contribution in [2.24, 2.45) is 5.10 Å². The topological polar surface area (TPSA) is 78.8 Å². The molecule has 0 unspecified atom stereocenters. The van der Waals surface area contributed by atoms with Gasteiger partial charge in [0.25, 0.3) is 15.9 Å². The molecule has 0 aliphatic heterocycles. The van der Waals surface area contributed by atoms with Crippen molar-refractivity contribution in [3.63, 3.8) is 0 Å². The molecule has 0 bridgehead atoms. The SMILES string of the molecule is Cc1ccc(S(=O)(=O)N(CC(=O)N/N=C\c2cccc3ccccc23)c2ccc(F)cc2)cc1. The van der Waals surface area contributed by atoms with Crippen molar-refractivity contribution in [1.29, 1.82) is 0 Å². The summed E-state index contributed by atoms with van der Waals surface area (Å²) < 4.78 is 41.0. The number of hydrogen-bond acceptors (Lipinski definition) is 4. The van der Waals surface area contributed by atoms with E-state index in [1.54, 1.807) is 12.1 Å². The minimum atomic E-state index is -4.09. The van der Waals surface area contributed by atoms with Gasteiger partial charge in [-0.1, -0.05) is 60.2 Å². The highest BCUT2D eigenvalue weighted by Crippen LogP contribution is 2.24. The Bertz CT molecular complexity index is 1450. The molecule has 0 aliphatic carbocycles. The molecule has 0 saturated heterocycles. The van der Waals surface area contributed by atoms with Crippen LogP contribution >= 0.6 is 0 Å². The van der Waals surface area contributed by atoms with Crippen LogP contribution in [0.5, 0.6) is 0 Å². The highest BCUT2D eigenvalue weighted by Gasteiger charge is 2.27. The Morgan fingerprint density at radius 2 is 1.62 bits per heavy atom. The molecule has 0 aromatic heterocycles. The van der Waals surface area contributed by atoms with E-state index >= 15 is 0 Å². The first kappa shape index (κ1) is 23.1. The highest BCUT2D eigenvalue weighted by atomic mass is 32.2. The van der Waals surface area contributed by atoms with Crippen LogP contribution in [-0.4, -0.2) is 27.1 Å². The zero-order valence-electron chi connectivity index (χ0n) is 18.4. The van der Waals surface area contributed by atoms with Gasteiger partial charge in [-0.3, -0.25) is 9.10 Å². The number of hydrazone groups is 1. The van der Waals surface area contributed by atoms with Gasteiger partial charge in [-0.2, -0.15) is 5.10 Å². The van der Waals surface area contributed by atoms with Crippen molar-refractivity contribution in [3.05, 3.63) is 108 Å². The molecule has 34 heavy (non-hydrogen) atoms. The predicted molar refractivity (Wildman–Crippen MR) is 132 cm³/mol. The Morgan fingerprint density at radius 3 is 2.35 bits per heavy atom. The van der Waals surface area contributed by atoms with Crippen LogP contribution in [0.25, 0.3) is 10.8 Å². The first-order valence-corrected chi connectivity index (χ1v) is 11.9. The summed E-state index contributed by atoms with van der Waals surface area (Å²) in [5.74, 6) is -1.16. The molecule has 8 heteroatoms. The van der Waals surface area contributed by atoms with Crippen molar-refractivity contribution >= 4 is 38.6 Å². The maximum Gasteiger partial charge on any atom is 0.264 e. The second-order valence-electron chi connectivity index (χ2n) is 7.66. The average Bonchev–Trinajstić information content (AvgIpc) is 2.83. The maximum absolute atomic E-state index is 13.4. The number of benzene rings is 4. The van der Waals surface area contributed by atoms with Crippen molar-refractivity contribution in [2.45, 2.75) is 11.8 Å². The van der Waals surface area contributed by atoms with E-state index < -0.39 is 28.3 Å². The van der Waals surface area contributed by atoms with Crippen LogP contribution in [0.3, 0.4) is 0 Å². The normalized spacial score (nSPS) is 11.6. The van der Waals surface area contributed by atoms with E-state index in [9.17, 15) is 17.6 Å². The number of nitrogens with one attached hydrogen (secondary N) is 1. The molecule has 4 rings (SSSR count). The minimum Gasteiger partial charge on any atom is -0.271 e. The lowest BCUT2D eigenvalue weighted by atomic mass is 10.1. The first-order chi connectivity index (χ1) is 16.3. The molecule has 6 nitrogen and oxygen atoms in total. The second kappa shape index (κ2) is 9.84. The molecule has 4 aromatic carbocycles. The largest absolute Gasteiger partial charge is 0.271 e. The molecule has 0 atom stereocenters. The number of fused-ring (bicyclic) bond motifs is 1. The van der Waals surface area contributed by atoms with Crippen LogP contribution in [0.1, 0.15) is 11.1 Å². The number of carbonyl (C=O) groups is 1. The van der Waals surface area contributed by atoms with Gasteiger partial charge >= 0.3 is 0 Å². The number of carbonyl (C=O) groups excluding carboxylic acids is 1. The number of amides is 1. The molecule has 0 spiro atoms. The lowest BCUT2D eigenvalue weighted by Gasteiger charge is -2.23. The van der Waals surface area contributed by atoms with Crippen molar-refractivity contribution in [2.75, 3.05) is 10.8 Å². The van der Waals surface area contributed by atoms with Crippen LogP contribution < -0.4 is 9.73 Å². The molecule has 172 valence electrons. The molecule has 4 aromatic rings. The van der Waals surface area contributed by atoms with E-state index in [-0.39, 0.29) is 10.6 Å². The summed E-state index contributed by atoms with van der Waals surface area (Å²) >= 11 is 0. The number of halogens is 1. The molecule has 0 fully saturated rings. The summed E-state index contributed by atoms with van der Waals surface area (Å²) in [6.07, 6.45) is 1.51. The first-order valence-electron chi connectivity index (χ1n) is 10.5. The van der Waals surface area contributed by atoms with Gasteiger partial charge in [-0.25, -0.2) is 18.2 Å². The Kier molecular flexibility index (Phi) is 6.70. The van der Waals surface area contributed by atoms with Crippen LogP contribution in [0.4, 0.5) is 10.1 Å². The lowest BCUT2D eigenvalue weighted by molar-refractivity contribution is -0.119. The lowest BCUT2D eigenvalue weighted by Crippen LogP contribution is -2.39. The van der Waals surface area contributed by atoms with Gasteiger partial charge in [0.15, 0.2) is 0 Å². The summed E-state index contributed by atoms with van der Waals surface area (Å²) in [7, 11) is -4.09. The monoisotopic (exact) mass is 475 g/mol. The minimum absolute atomic E-state index is 0.0227. The standard InChI is InChI=1S/C26H22FN3O3S/c1-19-9-15-24(16-10-19)34(32,33)30(23-13-11-22(27)12-14-23)18-26(31)29-28-17-21-7-4-6-20-5-2-3-8-25(20)21/h2-17H,18H2,1H3,(H,29,31)/b28-17-. The van der Waals surface area contributed by atoms with Gasteiger partial charge < -0.3 is 0 Å². The van der Waals surface area contributed by atoms with Crippen molar-refractivity contribution < 1.29 is 17.6 Å². The Balaban J connectivity index is 1.57. The molecular weight excluding hydrogens is 453 g/mol.